The summed E-state index contributed by atoms with van der Waals surface area (Å²) < 4.78 is 10.5. The Kier molecular flexibility index (Phi) is 3.92. The molecule has 0 bridgehead atoms. The van der Waals surface area contributed by atoms with Gasteiger partial charge in [-0.2, -0.15) is 0 Å². The van der Waals surface area contributed by atoms with E-state index in [0.717, 1.165) is 11.1 Å². The molecule has 112 valence electrons. The van der Waals surface area contributed by atoms with E-state index in [1.165, 1.54) is 0 Å². The van der Waals surface area contributed by atoms with Gasteiger partial charge in [0.1, 0.15) is 6.10 Å². The molecule has 1 heterocycles. The minimum Gasteiger partial charge on any atom is -0.462 e. The van der Waals surface area contributed by atoms with Gasteiger partial charge in [-0.3, -0.25) is 0 Å². The van der Waals surface area contributed by atoms with E-state index in [-0.39, 0.29) is 18.0 Å². The Bertz CT molecular complexity index is 721. The van der Waals surface area contributed by atoms with Crippen molar-refractivity contribution in [2.24, 2.45) is 0 Å². The third-order valence-corrected chi connectivity index (χ3v) is 3.69. The second-order valence-corrected chi connectivity index (χ2v) is 5.06. The van der Waals surface area contributed by atoms with Crippen molar-refractivity contribution in [3.05, 3.63) is 70.8 Å². The van der Waals surface area contributed by atoms with Crippen molar-refractivity contribution in [1.29, 1.82) is 0 Å². The van der Waals surface area contributed by atoms with E-state index < -0.39 is 0 Å². The van der Waals surface area contributed by atoms with Crippen LogP contribution >= 0.6 is 0 Å². The van der Waals surface area contributed by atoms with Crippen LogP contribution in [-0.4, -0.2) is 18.5 Å². The molecule has 3 rings (SSSR count). The zero-order valence-corrected chi connectivity index (χ0v) is 12.2. The third-order valence-electron chi connectivity index (χ3n) is 3.69. The Labute approximate surface area is 128 Å². The molecule has 0 saturated carbocycles. The van der Waals surface area contributed by atoms with Crippen molar-refractivity contribution in [3.8, 4) is 0 Å². The molecule has 0 aromatic heterocycles. The normalized spacial score (nSPS) is 16.0. The molecular formula is C18H16O4. The summed E-state index contributed by atoms with van der Waals surface area (Å²) in [5, 5.41) is 0. The highest BCUT2D eigenvalue weighted by Gasteiger charge is 2.31. The SMILES string of the molecule is CCOC(=O)c1ccccc1C[C@@H]1OC(=O)c2ccccc21. The number of fused-ring (bicyclic) bond motifs is 1. The molecule has 4 heteroatoms. The average Bonchev–Trinajstić information content (AvgIpc) is 2.85. The molecule has 4 nitrogen and oxygen atoms in total. The molecule has 0 amide bonds. The van der Waals surface area contributed by atoms with Crippen LogP contribution in [-0.2, 0) is 15.9 Å². The minimum atomic E-state index is -0.362. The summed E-state index contributed by atoms with van der Waals surface area (Å²) in [5.41, 5.74) is 2.80. The first-order valence-corrected chi connectivity index (χ1v) is 7.25. The molecular weight excluding hydrogens is 280 g/mol. The smallest absolute Gasteiger partial charge is 0.339 e. The maximum absolute atomic E-state index is 12.0. The molecule has 0 N–H and O–H groups in total. The molecule has 0 fully saturated rings. The lowest BCUT2D eigenvalue weighted by molar-refractivity contribution is 0.0386. The lowest BCUT2D eigenvalue weighted by atomic mass is 9.96. The molecule has 1 atom stereocenters. The van der Waals surface area contributed by atoms with Gasteiger partial charge >= 0.3 is 11.9 Å². The Morgan fingerprint density at radius 1 is 1.14 bits per heavy atom. The molecule has 0 spiro atoms. The number of benzene rings is 2. The van der Waals surface area contributed by atoms with Gasteiger partial charge in [-0.15, -0.1) is 0 Å². The van der Waals surface area contributed by atoms with Gasteiger partial charge in [-0.1, -0.05) is 36.4 Å². The van der Waals surface area contributed by atoms with E-state index in [4.69, 9.17) is 9.47 Å². The summed E-state index contributed by atoms with van der Waals surface area (Å²) in [6.45, 7) is 2.10. The van der Waals surface area contributed by atoms with Gasteiger partial charge in [0.05, 0.1) is 17.7 Å². The maximum Gasteiger partial charge on any atom is 0.339 e. The molecule has 0 radical (unpaired) electrons. The Morgan fingerprint density at radius 2 is 1.86 bits per heavy atom. The van der Waals surface area contributed by atoms with Crippen LogP contribution in [0.15, 0.2) is 48.5 Å². The highest BCUT2D eigenvalue weighted by atomic mass is 16.5. The molecule has 22 heavy (non-hydrogen) atoms. The predicted molar refractivity (Wildman–Crippen MR) is 80.7 cm³/mol. The summed E-state index contributed by atoms with van der Waals surface area (Å²) in [7, 11) is 0. The highest BCUT2D eigenvalue weighted by molar-refractivity contribution is 5.94. The fourth-order valence-electron chi connectivity index (χ4n) is 2.68. The zero-order chi connectivity index (χ0) is 15.5. The fraction of sp³-hybridized carbons (Fsp3) is 0.222. The van der Waals surface area contributed by atoms with Gasteiger partial charge < -0.3 is 9.47 Å². The summed E-state index contributed by atoms with van der Waals surface area (Å²) >= 11 is 0. The monoisotopic (exact) mass is 296 g/mol. The average molecular weight is 296 g/mol. The van der Waals surface area contributed by atoms with Crippen molar-refractivity contribution < 1.29 is 19.1 Å². The van der Waals surface area contributed by atoms with Gasteiger partial charge in [0.25, 0.3) is 0 Å². The standard InChI is InChI=1S/C18H16O4/c1-2-21-17(19)13-8-4-3-7-12(13)11-16-14-9-5-6-10-15(14)18(20)22-16/h3-10,16H,2,11H2,1H3/t16-/m0/s1. The van der Waals surface area contributed by atoms with Crippen LogP contribution in [0.2, 0.25) is 0 Å². The maximum atomic E-state index is 12.0. The fourth-order valence-corrected chi connectivity index (χ4v) is 2.68. The number of rotatable bonds is 4. The summed E-state index contributed by atoms with van der Waals surface area (Å²) in [6.07, 6.45) is 0.0943. The number of ether oxygens (including phenoxy) is 2. The third kappa shape index (κ3) is 2.60. The van der Waals surface area contributed by atoms with Crippen LogP contribution < -0.4 is 0 Å². The molecule has 1 aliphatic rings. The van der Waals surface area contributed by atoms with Crippen molar-refractivity contribution in [2.45, 2.75) is 19.4 Å². The van der Waals surface area contributed by atoms with E-state index in [2.05, 4.69) is 0 Å². The topological polar surface area (TPSA) is 52.6 Å². The van der Waals surface area contributed by atoms with Gasteiger partial charge in [-0.25, -0.2) is 9.59 Å². The first-order chi connectivity index (χ1) is 10.7. The highest BCUT2D eigenvalue weighted by Crippen LogP contribution is 2.33. The van der Waals surface area contributed by atoms with E-state index in [1.807, 2.05) is 30.3 Å². The Morgan fingerprint density at radius 3 is 2.68 bits per heavy atom. The van der Waals surface area contributed by atoms with E-state index in [0.29, 0.717) is 24.2 Å². The Balaban J connectivity index is 1.89. The predicted octanol–water partition coefficient (Wildman–Crippen LogP) is 3.32. The summed E-state index contributed by atoms with van der Waals surface area (Å²) in [6, 6.07) is 14.6. The molecule has 0 unspecified atom stereocenters. The minimum absolute atomic E-state index is 0.311. The largest absolute Gasteiger partial charge is 0.462 e. The van der Waals surface area contributed by atoms with Crippen LogP contribution in [0.25, 0.3) is 0 Å². The number of esters is 2. The van der Waals surface area contributed by atoms with Crippen LogP contribution in [0.4, 0.5) is 0 Å². The van der Waals surface area contributed by atoms with Crippen LogP contribution in [0, 0.1) is 0 Å². The molecule has 0 saturated heterocycles. The zero-order valence-electron chi connectivity index (χ0n) is 12.2. The molecule has 2 aromatic carbocycles. The van der Waals surface area contributed by atoms with Crippen molar-refractivity contribution in [3.63, 3.8) is 0 Å². The van der Waals surface area contributed by atoms with Gasteiger partial charge in [0, 0.05) is 12.0 Å². The Hall–Kier alpha value is -2.62. The number of cyclic esters (lactones) is 1. The van der Waals surface area contributed by atoms with Crippen molar-refractivity contribution in [2.75, 3.05) is 6.61 Å². The van der Waals surface area contributed by atoms with Gasteiger partial charge in [0.2, 0.25) is 0 Å². The first-order valence-electron chi connectivity index (χ1n) is 7.25. The van der Waals surface area contributed by atoms with E-state index >= 15 is 0 Å². The summed E-state index contributed by atoms with van der Waals surface area (Å²) in [4.78, 5) is 23.9. The van der Waals surface area contributed by atoms with Crippen LogP contribution in [0.3, 0.4) is 0 Å². The second kappa shape index (κ2) is 6.02. The number of hydrogen-bond donors (Lipinski definition) is 0. The number of carbonyl (C=O) groups excluding carboxylic acids is 2. The first kappa shape index (κ1) is 14.3. The lowest BCUT2D eigenvalue weighted by Crippen LogP contribution is -2.11. The summed E-state index contributed by atoms with van der Waals surface area (Å²) in [5.74, 6) is -0.662. The molecule has 0 aliphatic carbocycles. The quantitative estimate of drug-likeness (QED) is 0.812. The number of carbonyl (C=O) groups is 2. The number of hydrogen-bond acceptors (Lipinski definition) is 4. The second-order valence-electron chi connectivity index (χ2n) is 5.06. The van der Waals surface area contributed by atoms with Crippen molar-refractivity contribution in [1.82, 2.24) is 0 Å². The van der Waals surface area contributed by atoms with Crippen LogP contribution in [0.5, 0.6) is 0 Å². The van der Waals surface area contributed by atoms with E-state index in [1.54, 1.807) is 25.1 Å². The van der Waals surface area contributed by atoms with Crippen LogP contribution in [0.1, 0.15) is 44.9 Å². The van der Waals surface area contributed by atoms with Gasteiger partial charge in [-0.05, 0) is 24.6 Å². The van der Waals surface area contributed by atoms with Crippen molar-refractivity contribution >= 4 is 11.9 Å². The van der Waals surface area contributed by atoms with Gasteiger partial charge in [0.15, 0.2) is 0 Å². The lowest BCUT2D eigenvalue weighted by Gasteiger charge is -2.13. The molecule has 1 aliphatic heterocycles. The van der Waals surface area contributed by atoms with E-state index in [9.17, 15) is 9.59 Å². The molecule has 2 aromatic rings.